The molecule has 8 nitrogen and oxygen atoms in total. The maximum atomic E-state index is 11.3. The highest BCUT2D eigenvalue weighted by Gasteiger charge is 2.14. The van der Waals surface area contributed by atoms with Crippen LogP contribution in [-0.4, -0.2) is 47.0 Å². The highest BCUT2D eigenvalue weighted by atomic mass is 32.2. The normalized spacial score (nSPS) is 12.4. The lowest BCUT2D eigenvalue weighted by Gasteiger charge is -2.09. The van der Waals surface area contributed by atoms with E-state index in [2.05, 4.69) is 15.5 Å². The van der Waals surface area contributed by atoms with Crippen molar-refractivity contribution in [2.24, 2.45) is 0 Å². The number of rotatable bonds is 9. The van der Waals surface area contributed by atoms with Crippen LogP contribution in [0.4, 0.5) is 0 Å². The van der Waals surface area contributed by atoms with Gasteiger partial charge in [0.25, 0.3) is 0 Å². The minimum Gasteiger partial charge on any atom is -0.347 e. The van der Waals surface area contributed by atoms with Gasteiger partial charge in [0.15, 0.2) is 0 Å². The molecule has 2 N–H and O–H groups in total. The monoisotopic (exact) mass is 412 g/mol. The fourth-order valence-corrected chi connectivity index (χ4v) is 3.99. The minimum atomic E-state index is -3.29. The summed E-state index contributed by atoms with van der Waals surface area (Å²) in [6.45, 7) is 3.20. The molecule has 2 rings (SSSR count). The van der Waals surface area contributed by atoms with E-state index in [0.717, 1.165) is 34.5 Å². The van der Waals surface area contributed by atoms with Crippen LogP contribution in [-0.2, 0) is 39.4 Å². The van der Waals surface area contributed by atoms with Gasteiger partial charge in [0.05, 0.1) is 29.7 Å². The molecule has 148 valence electrons. The summed E-state index contributed by atoms with van der Waals surface area (Å²) >= 11 is 0. The third kappa shape index (κ3) is 6.04. The van der Waals surface area contributed by atoms with E-state index in [9.17, 15) is 22.1 Å². The van der Waals surface area contributed by atoms with Gasteiger partial charge in [0.2, 0.25) is 20.0 Å². The van der Waals surface area contributed by atoms with E-state index in [-0.39, 0.29) is 13.1 Å². The molecule has 27 heavy (non-hydrogen) atoms. The Kier molecular flexibility index (Phi) is 6.64. The fraction of sp³-hybridized carbons (Fsp3) is 0.471. The van der Waals surface area contributed by atoms with E-state index in [1.165, 1.54) is 0 Å². The second-order valence-electron chi connectivity index (χ2n) is 6.42. The quantitative estimate of drug-likeness (QED) is 0.628. The zero-order chi connectivity index (χ0) is 20.2. The number of hydrogen-bond acceptors (Lipinski definition) is 5. The molecule has 0 saturated heterocycles. The van der Waals surface area contributed by atoms with Crippen LogP contribution in [0.3, 0.4) is 0 Å². The number of sulfonamides is 2. The summed E-state index contributed by atoms with van der Waals surface area (Å²) in [5, 5.41) is 10.2. The molecule has 1 heterocycles. The summed E-state index contributed by atoms with van der Waals surface area (Å²) in [6.07, 6.45) is 5.12. The number of hydrogen-bond donors (Lipinski definition) is 2. The van der Waals surface area contributed by atoms with E-state index < -0.39 is 20.0 Å². The number of nitrogens with zero attached hydrogens (tertiary/aromatic N) is 2. The van der Waals surface area contributed by atoms with E-state index >= 15 is 0 Å². The molecule has 1 aromatic heterocycles. The zero-order valence-electron chi connectivity index (χ0n) is 15.6. The summed E-state index contributed by atoms with van der Waals surface area (Å²) in [7, 11) is -6.55. The standard InChI is InChI=1S/C17H24N4O4S2/c1-4-21-12-15(6-8-20-27(3,24)25)16-10-13(11-18)9-14(17(16)21)5-7-19-26(2,22)23/h9-10,12,19-20H,4-8H2,1-3H3. The highest BCUT2D eigenvalue weighted by molar-refractivity contribution is 7.89. The summed E-state index contributed by atoms with van der Waals surface area (Å²) in [4.78, 5) is 0. The summed E-state index contributed by atoms with van der Waals surface area (Å²) in [5.41, 5.74) is 3.26. The molecule has 0 radical (unpaired) electrons. The highest BCUT2D eigenvalue weighted by Crippen LogP contribution is 2.27. The van der Waals surface area contributed by atoms with Crippen molar-refractivity contribution in [1.29, 1.82) is 5.26 Å². The molecule has 0 spiro atoms. The first-order valence-corrected chi connectivity index (χ1v) is 12.3. The maximum absolute atomic E-state index is 11.3. The van der Waals surface area contributed by atoms with Gasteiger partial charge in [0, 0.05) is 31.2 Å². The molecule has 2 aromatic rings. The molecular formula is C17H24N4O4S2. The largest absolute Gasteiger partial charge is 0.347 e. The van der Waals surface area contributed by atoms with Gasteiger partial charge in [0.1, 0.15) is 0 Å². The predicted molar refractivity (Wildman–Crippen MR) is 105 cm³/mol. The van der Waals surface area contributed by atoms with Gasteiger partial charge in [-0.1, -0.05) is 0 Å². The van der Waals surface area contributed by atoms with Crippen molar-refractivity contribution in [2.45, 2.75) is 26.3 Å². The molecule has 0 saturated carbocycles. The van der Waals surface area contributed by atoms with Crippen LogP contribution in [0.15, 0.2) is 18.3 Å². The topological polar surface area (TPSA) is 121 Å². The first-order chi connectivity index (χ1) is 12.5. The van der Waals surface area contributed by atoms with Crippen molar-refractivity contribution in [1.82, 2.24) is 14.0 Å². The van der Waals surface area contributed by atoms with Gasteiger partial charge in [-0.25, -0.2) is 26.3 Å². The van der Waals surface area contributed by atoms with Gasteiger partial charge in [-0.3, -0.25) is 0 Å². The Morgan fingerprint density at radius 1 is 1.00 bits per heavy atom. The smallest absolute Gasteiger partial charge is 0.208 e. The molecule has 0 aliphatic heterocycles. The lowest BCUT2D eigenvalue weighted by molar-refractivity contribution is 0.586. The van der Waals surface area contributed by atoms with Crippen molar-refractivity contribution < 1.29 is 16.8 Å². The summed E-state index contributed by atoms with van der Waals surface area (Å²) in [6, 6.07) is 5.71. The molecule has 0 fully saturated rings. The van der Waals surface area contributed by atoms with Crippen molar-refractivity contribution >= 4 is 30.9 Å². The van der Waals surface area contributed by atoms with Crippen molar-refractivity contribution in [3.05, 3.63) is 35.0 Å². The van der Waals surface area contributed by atoms with Gasteiger partial charge >= 0.3 is 0 Å². The fourth-order valence-electron chi connectivity index (χ4n) is 3.05. The molecular weight excluding hydrogens is 388 g/mol. The van der Waals surface area contributed by atoms with Gasteiger partial charge < -0.3 is 4.57 Å². The van der Waals surface area contributed by atoms with E-state index in [4.69, 9.17) is 0 Å². The van der Waals surface area contributed by atoms with Crippen LogP contribution in [0.25, 0.3) is 10.9 Å². The lowest BCUT2D eigenvalue weighted by atomic mass is 10.0. The van der Waals surface area contributed by atoms with Crippen LogP contribution in [0, 0.1) is 11.3 Å². The first kappa shape index (κ1) is 21.4. The molecule has 0 unspecified atom stereocenters. The molecule has 0 aliphatic rings. The summed E-state index contributed by atoms with van der Waals surface area (Å²) < 4.78 is 52.2. The van der Waals surface area contributed by atoms with E-state index in [0.29, 0.717) is 24.9 Å². The molecule has 0 amide bonds. The van der Waals surface area contributed by atoms with Crippen molar-refractivity contribution in [2.75, 3.05) is 25.6 Å². The van der Waals surface area contributed by atoms with E-state index in [1.807, 2.05) is 17.7 Å². The molecule has 0 atom stereocenters. The SMILES string of the molecule is CCn1cc(CCNS(C)(=O)=O)c2cc(C#N)cc(CCNS(C)(=O)=O)c21. The molecule has 1 aromatic carbocycles. The van der Waals surface area contributed by atoms with Gasteiger partial charge in [-0.05, 0) is 43.0 Å². The predicted octanol–water partition coefficient (Wildman–Crippen LogP) is 0.716. The third-order valence-corrected chi connectivity index (χ3v) is 5.58. The second-order valence-corrected chi connectivity index (χ2v) is 10.1. The van der Waals surface area contributed by atoms with Crippen molar-refractivity contribution in [3.8, 4) is 6.07 Å². The first-order valence-electron chi connectivity index (χ1n) is 8.48. The Morgan fingerprint density at radius 3 is 2.04 bits per heavy atom. The van der Waals surface area contributed by atoms with Gasteiger partial charge in [-0.15, -0.1) is 0 Å². The molecule has 10 heteroatoms. The van der Waals surface area contributed by atoms with Crippen LogP contribution in [0.2, 0.25) is 0 Å². The minimum absolute atomic E-state index is 0.239. The number of benzene rings is 1. The third-order valence-electron chi connectivity index (χ3n) is 4.12. The Balaban J connectivity index is 2.42. The Bertz CT molecular complexity index is 1080. The maximum Gasteiger partial charge on any atom is 0.208 e. The Morgan fingerprint density at radius 2 is 1.56 bits per heavy atom. The number of nitrogens with one attached hydrogen (secondary N) is 2. The number of aryl methyl sites for hydroxylation is 1. The van der Waals surface area contributed by atoms with Crippen molar-refractivity contribution in [3.63, 3.8) is 0 Å². The van der Waals surface area contributed by atoms with Crippen LogP contribution in [0.1, 0.15) is 23.6 Å². The lowest BCUT2D eigenvalue weighted by Crippen LogP contribution is -2.24. The second kappa shape index (κ2) is 8.39. The number of fused-ring (bicyclic) bond motifs is 1. The van der Waals surface area contributed by atoms with Crippen LogP contribution < -0.4 is 9.44 Å². The Labute approximate surface area is 160 Å². The summed E-state index contributed by atoms with van der Waals surface area (Å²) in [5.74, 6) is 0. The van der Waals surface area contributed by atoms with Crippen LogP contribution >= 0.6 is 0 Å². The molecule has 0 bridgehead atoms. The average Bonchev–Trinajstić information content (AvgIpc) is 2.90. The zero-order valence-corrected chi connectivity index (χ0v) is 17.2. The average molecular weight is 413 g/mol. The van der Waals surface area contributed by atoms with Crippen LogP contribution in [0.5, 0.6) is 0 Å². The number of nitriles is 1. The number of aromatic nitrogens is 1. The molecule has 0 aliphatic carbocycles. The van der Waals surface area contributed by atoms with E-state index in [1.54, 1.807) is 12.1 Å². The Hall–Kier alpha value is -1.93. The van der Waals surface area contributed by atoms with Gasteiger partial charge in [-0.2, -0.15) is 5.26 Å².